The fraction of sp³-hybridized carbons (Fsp3) is 0.800. The summed E-state index contributed by atoms with van der Waals surface area (Å²) in [6.45, 7) is -0.298. The molecule has 0 rings (SSSR count). The Morgan fingerprint density at radius 1 is 1.29 bits per heavy atom. The van der Waals surface area contributed by atoms with Gasteiger partial charge in [0.05, 0.1) is 0 Å². The summed E-state index contributed by atoms with van der Waals surface area (Å²) in [6.07, 6.45) is 4.03. The second kappa shape index (κ2) is 13.1. The van der Waals surface area contributed by atoms with Crippen molar-refractivity contribution in [2.75, 3.05) is 12.3 Å². The van der Waals surface area contributed by atoms with Gasteiger partial charge in [0.15, 0.2) is 0 Å². The molecule has 0 heterocycles. The van der Waals surface area contributed by atoms with E-state index in [1.807, 2.05) is 0 Å². The molecule has 0 aromatic rings. The Bertz CT molecular complexity index is 235. The summed E-state index contributed by atoms with van der Waals surface area (Å²) in [6, 6.07) is 0. The summed E-state index contributed by atoms with van der Waals surface area (Å²) in [4.78, 5) is 21.3. The number of carbonyl (C=O) groups excluding carboxylic acids is 1. The van der Waals surface area contributed by atoms with Gasteiger partial charge in [-0.05, 0) is 25.0 Å². The SMILES string of the molecule is O=C(O)CNC(=O)CCCCC(S)CCS.[H-].[Na+]. The van der Waals surface area contributed by atoms with Crippen LogP contribution in [0.4, 0.5) is 0 Å². The molecule has 0 aliphatic rings. The Morgan fingerprint density at radius 2 is 1.94 bits per heavy atom. The molecule has 1 unspecified atom stereocenters. The van der Waals surface area contributed by atoms with Gasteiger partial charge in [-0.1, -0.05) is 6.42 Å². The zero-order valence-corrected chi connectivity index (χ0v) is 14.0. The molecule has 0 saturated carbocycles. The van der Waals surface area contributed by atoms with Gasteiger partial charge in [0.1, 0.15) is 6.54 Å². The summed E-state index contributed by atoms with van der Waals surface area (Å²) in [5.74, 6) is -0.391. The molecule has 7 heteroatoms. The zero-order valence-electron chi connectivity index (χ0n) is 11.2. The summed E-state index contributed by atoms with van der Waals surface area (Å²) in [5, 5.41) is 11.0. The normalized spacial score (nSPS) is 11.4. The number of carboxylic acids is 1. The van der Waals surface area contributed by atoms with Gasteiger partial charge in [-0.25, -0.2) is 0 Å². The van der Waals surface area contributed by atoms with Crippen molar-refractivity contribution in [3.63, 3.8) is 0 Å². The number of aliphatic carboxylic acids is 1. The van der Waals surface area contributed by atoms with Crippen molar-refractivity contribution in [2.45, 2.75) is 37.4 Å². The first kappa shape index (κ1) is 20.0. The molecule has 96 valence electrons. The molecule has 1 amide bonds. The molecule has 0 aliphatic heterocycles. The first-order chi connectivity index (χ1) is 7.56. The van der Waals surface area contributed by atoms with Gasteiger partial charge in [0.2, 0.25) is 5.91 Å². The summed E-state index contributed by atoms with van der Waals surface area (Å²) < 4.78 is 0. The quantitative estimate of drug-likeness (QED) is 0.237. The maximum absolute atomic E-state index is 11.1. The van der Waals surface area contributed by atoms with E-state index in [0.717, 1.165) is 31.4 Å². The smallest absolute Gasteiger partial charge is 1.00 e. The van der Waals surface area contributed by atoms with E-state index in [1.165, 1.54) is 0 Å². The molecule has 17 heavy (non-hydrogen) atoms. The predicted octanol–water partition coefficient (Wildman–Crippen LogP) is -1.52. The van der Waals surface area contributed by atoms with Crippen LogP contribution in [0.5, 0.6) is 0 Å². The number of rotatable bonds is 9. The number of unbranched alkanes of at least 4 members (excludes halogenated alkanes) is 1. The Balaban J connectivity index is -0.00000112. The van der Waals surface area contributed by atoms with Gasteiger partial charge in [0, 0.05) is 11.7 Å². The third-order valence-electron chi connectivity index (χ3n) is 2.09. The first-order valence-corrected chi connectivity index (χ1v) is 6.48. The van der Waals surface area contributed by atoms with Crippen LogP contribution < -0.4 is 34.9 Å². The number of amides is 1. The van der Waals surface area contributed by atoms with E-state index in [2.05, 4.69) is 30.6 Å². The van der Waals surface area contributed by atoms with Gasteiger partial charge < -0.3 is 11.8 Å². The van der Waals surface area contributed by atoms with E-state index >= 15 is 0 Å². The van der Waals surface area contributed by atoms with Crippen molar-refractivity contribution in [1.82, 2.24) is 5.32 Å². The number of carbonyl (C=O) groups is 2. The third-order valence-corrected chi connectivity index (χ3v) is 2.86. The molecule has 0 bridgehead atoms. The molecular weight excluding hydrogens is 269 g/mol. The van der Waals surface area contributed by atoms with Crippen LogP contribution in [-0.2, 0) is 9.59 Å². The molecule has 0 spiro atoms. The molecule has 2 N–H and O–H groups in total. The standard InChI is InChI=1S/C10H19NO3S2.Na.H/c12-9(11-7-10(13)14)4-2-1-3-8(16)5-6-15;;/h8,15-16H,1-7H2,(H,11,12)(H,13,14);;/q;+1;-1. The first-order valence-electron chi connectivity index (χ1n) is 5.33. The van der Waals surface area contributed by atoms with Crippen LogP contribution in [0.1, 0.15) is 33.5 Å². The zero-order chi connectivity index (χ0) is 12.4. The maximum atomic E-state index is 11.1. The molecule has 1 atom stereocenters. The molecular formula is C10H20NNaO3S2. The Kier molecular flexibility index (Phi) is 15.4. The van der Waals surface area contributed by atoms with Gasteiger partial charge in [-0.2, -0.15) is 25.3 Å². The predicted molar refractivity (Wildman–Crippen MR) is 71.5 cm³/mol. The second-order valence-corrected chi connectivity index (χ2v) is 4.76. The molecule has 0 aromatic heterocycles. The van der Waals surface area contributed by atoms with Crippen molar-refractivity contribution >= 4 is 37.1 Å². The van der Waals surface area contributed by atoms with E-state index in [1.54, 1.807) is 0 Å². The molecule has 0 aliphatic carbocycles. The van der Waals surface area contributed by atoms with Crippen LogP contribution in [-0.4, -0.2) is 34.5 Å². The van der Waals surface area contributed by atoms with Gasteiger partial charge in [0.25, 0.3) is 0 Å². The summed E-state index contributed by atoms with van der Waals surface area (Å²) in [7, 11) is 0. The largest absolute Gasteiger partial charge is 1.00 e. The van der Waals surface area contributed by atoms with Crippen LogP contribution in [0.3, 0.4) is 0 Å². The van der Waals surface area contributed by atoms with Crippen molar-refractivity contribution in [2.24, 2.45) is 0 Å². The van der Waals surface area contributed by atoms with Crippen LogP contribution in [0.25, 0.3) is 0 Å². The maximum Gasteiger partial charge on any atom is 1.00 e. The Hall–Kier alpha value is 0.640. The summed E-state index contributed by atoms with van der Waals surface area (Å²) in [5.41, 5.74) is 0. The topological polar surface area (TPSA) is 66.4 Å². The molecule has 4 nitrogen and oxygen atoms in total. The van der Waals surface area contributed by atoms with Gasteiger partial charge in [-0.3, -0.25) is 9.59 Å². The number of hydrogen-bond donors (Lipinski definition) is 4. The number of thiol groups is 2. The second-order valence-electron chi connectivity index (χ2n) is 3.58. The third kappa shape index (κ3) is 14.6. The van der Waals surface area contributed by atoms with Crippen LogP contribution in [0.15, 0.2) is 0 Å². The fourth-order valence-electron chi connectivity index (χ4n) is 1.22. The minimum Gasteiger partial charge on any atom is -1.00 e. The number of hydrogen-bond acceptors (Lipinski definition) is 4. The average Bonchev–Trinajstić information content (AvgIpc) is 2.22. The average molecular weight is 289 g/mol. The fourth-order valence-corrected chi connectivity index (χ4v) is 2.05. The summed E-state index contributed by atoms with van der Waals surface area (Å²) >= 11 is 8.49. The van der Waals surface area contributed by atoms with E-state index in [4.69, 9.17) is 5.11 Å². The molecule has 0 saturated heterocycles. The van der Waals surface area contributed by atoms with E-state index in [-0.39, 0.29) is 43.4 Å². The van der Waals surface area contributed by atoms with Crippen LogP contribution in [0, 0.1) is 0 Å². The van der Waals surface area contributed by atoms with Crippen molar-refractivity contribution in [3.8, 4) is 0 Å². The van der Waals surface area contributed by atoms with Crippen molar-refractivity contribution in [1.29, 1.82) is 0 Å². The minimum atomic E-state index is -1.02. The Morgan fingerprint density at radius 3 is 2.47 bits per heavy atom. The molecule has 0 aromatic carbocycles. The Labute approximate surface area is 137 Å². The van der Waals surface area contributed by atoms with Crippen LogP contribution in [0.2, 0.25) is 0 Å². The number of nitrogens with one attached hydrogen (secondary N) is 1. The van der Waals surface area contributed by atoms with E-state index in [9.17, 15) is 9.59 Å². The minimum absolute atomic E-state index is 0. The molecule has 0 fully saturated rings. The van der Waals surface area contributed by atoms with Crippen molar-refractivity contribution in [3.05, 3.63) is 0 Å². The molecule has 0 radical (unpaired) electrons. The number of carboxylic acid groups (broad SMARTS) is 1. The van der Waals surface area contributed by atoms with Crippen molar-refractivity contribution < 1.29 is 45.7 Å². The van der Waals surface area contributed by atoms with Gasteiger partial charge in [-0.15, -0.1) is 0 Å². The monoisotopic (exact) mass is 289 g/mol. The van der Waals surface area contributed by atoms with E-state index in [0.29, 0.717) is 11.7 Å². The van der Waals surface area contributed by atoms with E-state index < -0.39 is 5.97 Å². The van der Waals surface area contributed by atoms with Gasteiger partial charge >= 0.3 is 35.5 Å². The van der Waals surface area contributed by atoms with Crippen LogP contribution >= 0.6 is 25.3 Å².